The Bertz CT molecular complexity index is 920. The summed E-state index contributed by atoms with van der Waals surface area (Å²) >= 11 is 0. The van der Waals surface area contributed by atoms with Crippen molar-refractivity contribution in [2.75, 3.05) is 12.4 Å². The van der Waals surface area contributed by atoms with Gasteiger partial charge in [0.2, 0.25) is 5.95 Å². The van der Waals surface area contributed by atoms with Crippen molar-refractivity contribution in [2.45, 2.75) is 6.18 Å². The van der Waals surface area contributed by atoms with Crippen molar-refractivity contribution in [3.8, 4) is 11.1 Å². The number of hydrogen-bond acceptors (Lipinski definition) is 4. The highest BCUT2D eigenvalue weighted by molar-refractivity contribution is 5.80. The first kappa shape index (κ1) is 15.0. The van der Waals surface area contributed by atoms with Crippen LogP contribution in [0.1, 0.15) is 5.56 Å². The third kappa shape index (κ3) is 2.63. The number of pyridine rings is 2. The van der Waals surface area contributed by atoms with Gasteiger partial charge in [0.05, 0.1) is 16.6 Å². The molecule has 0 aliphatic heterocycles. The molecule has 0 amide bonds. The second-order valence-electron chi connectivity index (χ2n) is 4.78. The van der Waals surface area contributed by atoms with Gasteiger partial charge in [0.1, 0.15) is 0 Å². The summed E-state index contributed by atoms with van der Waals surface area (Å²) in [5, 5.41) is 2.70. The molecule has 0 saturated carbocycles. The van der Waals surface area contributed by atoms with Gasteiger partial charge in [0.25, 0.3) is 5.56 Å². The van der Waals surface area contributed by atoms with Crippen LogP contribution in [0.3, 0.4) is 0 Å². The van der Waals surface area contributed by atoms with E-state index in [9.17, 15) is 18.0 Å². The highest BCUT2D eigenvalue weighted by Gasteiger charge is 2.31. The molecule has 0 fully saturated rings. The van der Waals surface area contributed by atoms with E-state index in [0.717, 1.165) is 12.1 Å². The molecule has 1 N–H and O–H groups in total. The van der Waals surface area contributed by atoms with Crippen LogP contribution >= 0.6 is 0 Å². The van der Waals surface area contributed by atoms with Crippen LogP contribution in [0.15, 0.2) is 47.7 Å². The lowest BCUT2D eigenvalue weighted by molar-refractivity contribution is -0.137. The molecule has 3 heterocycles. The van der Waals surface area contributed by atoms with E-state index in [1.807, 2.05) is 0 Å². The maximum absolute atomic E-state index is 13.0. The standard InChI is InChI=1S/C15H11F3N4O/c1-19-14-21-13(23)12(9-3-2-5-20-8-9)11-7-10(15(16,17)18)4-6-22(11)14/h2-8H,1H3,(H,19,21,23). The molecule has 0 bridgehead atoms. The Balaban J connectivity index is 2.43. The molecular weight excluding hydrogens is 309 g/mol. The molecule has 3 aromatic heterocycles. The zero-order valence-corrected chi connectivity index (χ0v) is 11.9. The molecule has 0 atom stereocenters. The van der Waals surface area contributed by atoms with Crippen LogP contribution in [0.5, 0.6) is 0 Å². The molecule has 8 heteroatoms. The van der Waals surface area contributed by atoms with E-state index in [-0.39, 0.29) is 17.0 Å². The second-order valence-corrected chi connectivity index (χ2v) is 4.78. The normalized spacial score (nSPS) is 11.7. The quantitative estimate of drug-likeness (QED) is 0.789. The van der Waals surface area contributed by atoms with Crippen LogP contribution in [0.25, 0.3) is 16.6 Å². The Labute approximate surface area is 128 Å². The fraction of sp³-hybridized carbons (Fsp3) is 0.133. The number of alkyl halides is 3. The first-order valence-electron chi connectivity index (χ1n) is 6.63. The van der Waals surface area contributed by atoms with Gasteiger partial charge in [-0.2, -0.15) is 18.2 Å². The minimum atomic E-state index is -4.51. The SMILES string of the molecule is CNc1nc(=O)c(-c2cccnc2)c2cc(C(F)(F)F)ccn12. The largest absolute Gasteiger partial charge is 0.416 e. The van der Waals surface area contributed by atoms with Crippen LogP contribution in [0.2, 0.25) is 0 Å². The van der Waals surface area contributed by atoms with Gasteiger partial charge in [-0.1, -0.05) is 6.07 Å². The monoisotopic (exact) mass is 320 g/mol. The summed E-state index contributed by atoms with van der Waals surface area (Å²) in [6.07, 6.45) is -0.346. The molecule has 5 nitrogen and oxygen atoms in total. The highest BCUT2D eigenvalue weighted by atomic mass is 19.4. The molecule has 23 heavy (non-hydrogen) atoms. The zero-order valence-electron chi connectivity index (χ0n) is 11.9. The van der Waals surface area contributed by atoms with E-state index in [1.54, 1.807) is 12.1 Å². The van der Waals surface area contributed by atoms with Crippen molar-refractivity contribution < 1.29 is 13.2 Å². The molecule has 0 unspecified atom stereocenters. The number of nitrogens with zero attached hydrogens (tertiary/aromatic N) is 3. The maximum atomic E-state index is 13.0. The number of rotatable bonds is 2. The minimum absolute atomic E-state index is 0.0724. The summed E-state index contributed by atoms with van der Waals surface area (Å²) in [5.41, 5.74) is -0.873. The Morgan fingerprint density at radius 2 is 2.04 bits per heavy atom. The van der Waals surface area contributed by atoms with Crippen molar-refractivity contribution in [3.63, 3.8) is 0 Å². The summed E-state index contributed by atoms with van der Waals surface area (Å²) in [6, 6.07) is 5.08. The molecular formula is C15H11F3N4O. The van der Waals surface area contributed by atoms with Gasteiger partial charge in [-0.15, -0.1) is 0 Å². The summed E-state index contributed by atoms with van der Waals surface area (Å²) < 4.78 is 40.4. The fourth-order valence-corrected chi connectivity index (χ4v) is 2.33. The lowest BCUT2D eigenvalue weighted by Crippen LogP contribution is -2.17. The summed E-state index contributed by atoms with van der Waals surface area (Å²) in [4.78, 5) is 20.1. The predicted octanol–water partition coefficient (Wildman–Crippen LogP) is 2.82. The summed E-state index contributed by atoms with van der Waals surface area (Å²) in [5.74, 6) is 0.159. The molecule has 118 valence electrons. The number of aromatic nitrogens is 3. The number of hydrogen-bond donors (Lipinski definition) is 1. The van der Waals surface area contributed by atoms with Gasteiger partial charge in [-0.05, 0) is 18.2 Å². The molecule has 0 spiro atoms. The molecule has 0 radical (unpaired) electrons. The average molecular weight is 320 g/mol. The van der Waals surface area contributed by atoms with Gasteiger partial charge in [0.15, 0.2) is 0 Å². The fourth-order valence-electron chi connectivity index (χ4n) is 2.33. The first-order chi connectivity index (χ1) is 10.9. The van der Waals surface area contributed by atoms with Crippen LogP contribution in [-0.4, -0.2) is 21.4 Å². The average Bonchev–Trinajstić information content (AvgIpc) is 2.53. The van der Waals surface area contributed by atoms with Crippen LogP contribution in [0.4, 0.5) is 19.1 Å². The molecule has 0 aliphatic rings. The topological polar surface area (TPSA) is 59.3 Å². The zero-order chi connectivity index (χ0) is 16.6. The van der Waals surface area contributed by atoms with Crippen molar-refractivity contribution in [1.82, 2.24) is 14.4 Å². The van der Waals surface area contributed by atoms with E-state index < -0.39 is 17.3 Å². The van der Waals surface area contributed by atoms with Crippen LogP contribution in [-0.2, 0) is 6.18 Å². The third-order valence-electron chi connectivity index (χ3n) is 3.36. The Hall–Kier alpha value is -2.90. The molecule has 3 rings (SSSR count). The summed E-state index contributed by atoms with van der Waals surface area (Å²) in [6.45, 7) is 0. The van der Waals surface area contributed by atoms with Crippen molar-refractivity contribution >= 4 is 11.5 Å². The van der Waals surface area contributed by atoms with E-state index in [4.69, 9.17) is 0 Å². The Morgan fingerprint density at radius 1 is 1.26 bits per heavy atom. The van der Waals surface area contributed by atoms with E-state index >= 15 is 0 Å². The molecule has 0 aliphatic carbocycles. The van der Waals surface area contributed by atoms with Crippen LogP contribution < -0.4 is 10.9 Å². The van der Waals surface area contributed by atoms with Gasteiger partial charge < -0.3 is 5.32 Å². The van der Waals surface area contributed by atoms with E-state index in [1.165, 1.54) is 30.0 Å². The predicted molar refractivity (Wildman–Crippen MR) is 79.2 cm³/mol. The highest BCUT2D eigenvalue weighted by Crippen LogP contribution is 2.32. The smallest absolute Gasteiger partial charge is 0.358 e. The number of anilines is 1. The number of fused-ring (bicyclic) bond motifs is 1. The number of halogens is 3. The number of nitrogens with one attached hydrogen (secondary N) is 1. The first-order valence-corrected chi connectivity index (χ1v) is 6.63. The minimum Gasteiger partial charge on any atom is -0.358 e. The third-order valence-corrected chi connectivity index (χ3v) is 3.36. The summed E-state index contributed by atoms with van der Waals surface area (Å²) in [7, 11) is 1.54. The molecule has 0 saturated heterocycles. The van der Waals surface area contributed by atoms with E-state index in [2.05, 4.69) is 15.3 Å². The van der Waals surface area contributed by atoms with Crippen molar-refractivity contribution in [3.05, 3.63) is 58.8 Å². The lowest BCUT2D eigenvalue weighted by Gasteiger charge is -2.14. The van der Waals surface area contributed by atoms with Gasteiger partial charge in [0, 0.05) is 31.2 Å². The van der Waals surface area contributed by atoms with Crippen molar-refractivity contribution in [2.24, 2.45) is 0 Å². The van der Waals surface area contributed by atoms with E-state index in [0.29, 0.717) is 5.56 Å². The Morgan fingerprint density at radius 3 is 2.65 bits per heavy atom. The Kier molecular flexibility index (Phi) is 3.51. The van der Waals surface area contributed by atoms with Crippen molar-refractivity contribution in [1.29, 1.82) is 0 Å². The lowest BCUT2D eigenvalue weighted by atomic mass is 10.1. The molecule has 3 aromatic rings. The second kappa shape index (κ2) is 5.38. The maximum Gasteiger partial charge on any atom is 0.416 e. The van der Waals surface area contributed by atoms with Crippen LogP contribution in [0, 0.1) is 0 Å². The van der Waals surface area contributed by atoms with Gasteiger partial charge in [-0.25, -0.2) is 0 Å². The van der Waals surface area contributed by atoms with Gasteiger partial charge in [-0.3, -0.25) is 14.2 Å². The molecule has 0 aromatic carbocycles. The van der Waals surface area contributed by atoms with Gasteiger partial charge >= 0.3 is 6.18 Å².